The summed E-state index contributed by atoms with van der Waals surface area (Å²) >= 11 is 1.49. The van der Waals surface area contributed by atoms with Gasteiger partial charge in [0.05, 0.1) is 22.2 Å². The number of thiazole rings is 1. The summed E-state index contributed by atoms with van der Waals surface area (Å²) in [6.45, 7) is 6.25. The van der Waals surface area contributed by atoms with Gasteiger partial charge in [-0.05, 0) is 25.5 Å². The number of Topliss-reactive ketones (excluding diaryl/α,β-unsaturated/α-hetero) is 1. The van der Waals surface area contributed by atoms with Crippen LogP contribution in [0.2, 0.25) is 0 Å². The predicted molar refractivity (Wildman–Crippen MR) is 81.9 cm³/mol. The van der Waals surface area contributed by atoms with Crippen LogP contribution in [-0.4, -0.2) is 17.4 Å². The van der Waals surface area contributed by atoms with Crippen molar-refractivity contribution < 1.29 is 9.53 Å². The monoisotopic (exact) mass is 289 g/mol. The fraction of sp³-hybridized carbons (Fsp3) is 0.375. The zero-order valence-electron chi connectivity index (χ0n) is 12.1. The number of ketones is 1. The first-order valence-corrected chi connectivity index (χ1v) is 7.60. The first kappa shape index (κ1) is 14.7. The molecule has 2 rings (SSSR count). The van der Waals surface area contributed by atoms with Crippen LogP contribution in [0.3, 0.4) is 0 Å². The van der Waals surface area contributed by atoms with E-state index < -0.39 is 0 Å². The number of aryl methyl sites for hydroxylation is 2. The maximum atomic E-state index is 11.5. The van der Waals surface area contributed by atoms with Gasteiger partial charge in [-0.25, -0.2) is 4.98 Å². The van der Waals surface area contributed by atoms with Gasteiger partial charge in [-0.15, -0.1) is 11.3 Å². The van der Waals surface area contributed by atoms with Crippen LogP contribution in [0.25, 0.3) is 0 Å². The summed E-state index contributed by atoms with van der Waals surface area (Å²) in [5.74, 6) is 0.972. The Morgan fingerprint density at radius 3 is 2.55 bits per heavy atom. The molecule has 1 aromatic carbocycles. The number of hydrogen-bond acceptors (Lipinski definition) is 4. The van der Waals surface area contributed by atoms with Crippen LogP contribution in [0.4, 0.5) is 0 Å². The van der Waals surface area contributed by atoms with Gasteiger partial charge in [0, 0.05) is 13.3 Å². The summed E-state index contributed by atoms with van der Waals surface area (Å²) in [5, 5.41) is 0.971. The highest BCUT2D eigenvalue weighted by atomic mass is 32.1. The SMILES string of the molecule is CCc1nc(CCOc2ccc(C)cc2)sc1C(C)=O. The Hall–Kier alpha value is -1.68. The van der Waals surface area contributed by atoms with E-state index in [1.165, 1.54) is 16.9 Å². The average Bonchev–Trinajstić information content (AvgIpc) is 2.84. The normalized spacial score (nSPS) is 10.6. The first-order chi connectivity index (χ1) is 9.60. The molecule has 0 atom stereocenters. The Morgan fingerprint density at radius 2 is 2.00 bits per heavy atom. The molecule has 2 aromatic rings. The lowest BCUT2D eigenvalue weighted by Crippen LogP contribution is -2.01. The third-order valence-electron chi connectivity index (χ3n) is 3.00. The number of aromatic nitrogens is 1. The molecular weight excluding hydrogens is 270 g/mol. The van der Waals surface area contributed by atoms with Crippen molar-refractivity contribution in [2.24, 2.45) is 0 Å². The van der Waals surface area contributed by atoms with Crippen molar-refractivity contribution in [3.63, 3.8) is 0 Å². The zero-order chi connectivity index (χ0) is 14.5. The molecule has 0 spiro atoms. The number of nitrogens with zero attached hydrogens (tertiary/aromatic N) is 1. The maximum absolute atomic E-state index is 11.5. The number of ether oxygens (including phenoxy) is 1. The van der Waals surface area contributed by atoms with Crippen LogP contribution >= 0.6 is 11.3 Å². The van der Waals surface area contributed by atoms with Crippen molar-refractivity contribution in [3.8, 4) is 5.75 Å². The lowest BCUT2D eigenvalue weighted by Gasteiger charge is -2.04. The molecule has 0 bridgehead atoms. The quantitative estimate of drug-likeness (QED) is 0.758. The lowest BCUT2D eigenvalue weighted by molar-refractivity contribution is 0.102. The second-order valence-corrected chi connectivity index (χ2v) is 5.79. The van der Waals surface area contributed by atoms with E-state index in [0.29, 0.717) is 6.61 Å². The van der Waals surface area contributed by atoms with Gasteiger partial charge >= 0.3 is 0 Å². The molecule has 1 aromatic heterocycles. The highest BCUT2D eigenvalue weighted by molar-refractivity contribution is 7.13. The lowest BCUT2D eigenvalue weighted by atomic mass is 10.2. The molecule has 0 amide bonds. The number of benzene rings is 1. The first-order valence-electron chi connectivity index (χ1n) is 6.79. The van der Waals surface area contributed by atoms with Crippen LogP contribution in [0.15, 0.2) is 24.3 Å². The van der Waals surface area contributed by atoms with Crippen molar-refractivity contribution in [1.29, 1.82) is 0 Å². The molecule has 0 radical (unpaired) electrons. The van der Waals surface area contributed by atoms with Gasteiger partial charge in [0.2, 0.25) is 0 Å². The van der Waals surface area contributed by atoms with Crippen LogP contribution in [0.5, 0.6) is 5.75 Å². The molecule has 0 fully saturated rings. The minimum absolute atomic E-state index is 0.102. The van der Waals surface area contributed by atoms with E-state index in [9.17, 15) is 4.79 Å². The minimum atomic E-state index is 0.102. The van der Waals surface area contributed by atoms with E-state index >= 15 is 0 Å². The summed E-state index contributed by atoms with van der Waals surface area (Å²) in [5.41, 5.74) is 2.13. The number of carbonyl (C=O) groups is 1. The van der Waals surface area contributed by atoms with Crippen molar-refractivity contribution in [1.82, 2.24) is 4.98 Å². The third kappa shape index (κ3) is 3.67. The molecule has 106 valence electrons. The average molecular weight is 289 g/mol. The fourth-order valence-electron chi connectivity index (χ4n) is 1.91. The highest BCUT2D eigenvalue weighted by Crippen LogP contribution is 2.21. The molecular formula is C16H19NO2S. The van der Waals surface area contributed by atoms with Gasteiger partial charge in [-0.1, -0.05) is 24.6 Å². The van der Waals surface area contributed by atoms with Gasteiger partial charge in [-0.2, -0.15) is 0 Å². The van der Waals surface area contributed by atoms with Crippen molar-refractivity contribution in [2.45, 2.75) is 33.6 Å². The van der Waals surface area contributed by atoms with Gasteiger partial charge in [0.15, 0.2) is 5.78 Å². The summed E-state index contributed by atoms with van der Waals surface area (Å²) in [6, 6.07) is 7.99. The van der Waals surface area contributed by atoms with Crippen LogP contribution < -0.4 is 4.74 Å². The van der Waals surface area contributed by atoms with Crippen molar-refractivity contribution in [2.75, 3.05) is 6.61 Å². The second kappa shape index (κ2) is 6.66. The molecule has 0 unspecified atom stereocenters. The van der Waals surface area contributed by atoms with Gasteiger partial charge < -0.3 is 4.74 Å². The maximum Gasteiger partial charge on any atom is 0.171 e. The largest absolute Gasteiger partial charge is 0.493 e. The Kier molecular flexibility index (Phi) is 4.90. The highest BCUT2D eigenvalue weighted by Gasteiger charge is 2.13. The number of rotatable bonds is 6. The fourth-order valence-corrected chi connectivity index (χ4v) is 2.94. The molecule has 4 heteroatoms. The van der Waals surface area contributed by atoms with E-state index in [1.54, 1.807) is 6.92 Å². The molecule has 0 saturated carbocycles. The van der Waals surface area contributed by atoms with E-state index in [1.807, 2.05) is 31.2 Å². The van der Waals surface area contributed by atoms with E-state index in [-0.39, 0.29) is 5.78 Å². The standard InChI is InChI=1S/C16H19NO2S/c1-4-14-16(12(3)18)20-15(17-14)9-10-19-13-7-5-11(2)6-8-13/h5-8H,4,9-10H2,1-3H3. The van der Waals surface area contributed by atoms with E-state index in [0.717, 1.165) is 34.2 Å². The smallest absolute Gasteiger partial charge is 0.171 e. The van der Waals surface area contributed by atoms with Gasteiger partial charge in [0.25, 0.3) is 0 Å². The van der Waals surface area contributed by atoms with Gasteiger partial charge in [0.1, 0.15) is 5.75 Å². The summed E-state index contributed by atoms with van der Waals surface area (Å²) in [7, 11) is 0. The minimum Gasteiger partial charge on any atom is -0.493 e. The Balaban J connectivity index is 1.94. The topological polar surface area (TPSA) is 39.2 Å². The van der Waals surface area contributed by atoms with Crippen LogP contribution in [-0.2, 0) is 12.8 Å². The second-order valence-electron chi connectivity index (χ2n) is 4.70. The Bertz CT molecular complexity index is 587. The molecule has 3 nitrogen and oxygen atoms in total. The molecule has 0 aliphatic carbocycles. The van der Waals surface area contributed by atoms with E-state index in [2.05, 4.69) is 11.9 Å². The van der Waals surface area contributed by atoms with Gasteiger partial charge in [-0.3, -0.25) is 4.79 Å². The third-order valence-corrected chi connectivity index (χ3v) is 4.26. The number of hydrogen-bond donors (Lipinski definition) is 0. The molecule has 0 aliphatic rings. The van der Waals surface area contributed by atoms with Crippen LogP contribution in [0, 0.1) is 6.92 Å². The predicted octanol–water partition coefficient (Wildman–Crippen LogP) is 3.84. The molecule has 1 heterocycles. The van der Waals surface area contributed by atoms with Crippen molar-refractivity contribution >= 4 is 17.1 Å². The molecule has 0 saturated heterocycles. The Morgan fingerprint density at radius 1 is 1.30 bits per heavy atom. The molecule has 0 aliphatic heterocycles. The summed E-state index contributed by atoms with van der Waals surface area (Å²) in [6.07, 6.45) is 1.53. The van der Waals surface area contributed by atoms with Crippen LogP contribution in [0.1, 0.15) is 39.8 Å². The van der Waals surface area contributed by atoms with Crippen molar-refractivity contribution in [3.05, 3.63) is 45.4 Å². The molecule has 0 N–H and O–H groups in total. The van der Waals surface area contributed by atoms with E-state index in [4.69, 9.17) is 4.74 Å². The zero-order valence-corrected chi connectivity index (χ0v) is 12.9. The summed E-state index contributed by atoms with van der Waals surface area (Å²) < 4.78 is 5.69. The number of carbonyl (C=O) groups excluding carboxylic acids is 1. The summed E-state index contributed by atoms with van der Waals surface area (Å²) in [4.78, 5) is 16.8. The Labute approximate surface area is 123 Å². The molecule has 20 heavy (non-hydrogen) atoms.